The van der Waals surface area contributed by atoms with Gasteiger partial charge in [-0.15, -0.1) is 0 Å². The molecule has 0 aromatic carbocycles. The second-order valence-corrected chi connectivity index (χ2v) is 6.16. The molecule has 19 heavy (non-hydrogen) atoms. The normalized spacial score (nSPS) is 14.3. The second-order valence-electron chi connectivity index (χ2n) is 6.16. The van der Waals surface area contributed by atoms with Gasteiger partial charge in [-0.05, 0) is 32.6 Å². The summed E-state index contributed by atoms with van der Waals surface area (Å²) in [5.41, 5.74) is -1.26. The van der Waals surface area contributed by atoms with E-state index in [1.165, 1.54) is 0 Å². The largest absolute Gasteiger partial charge is 0.464 e. The van der Waals surface area contributed by atoms with Crippen LogP contribution in [0.2, 0.25) is 0 Å². The highest BCUT2D eigenvalue weighted by atomic mass is 16.5. The quantitative estimate of drug-likeness (QED) is 0.633. The van der Waals surface area contributed by atoms with Crippen LogP contribution in [-0.2, 0) is 9.53 Å². The first-order chi connectivity index (χ1) is 8.79. The smallest absolute Gasteiger partial charge is 0.311 e. The third-order valence-electron chi connectivity index (χ3n) is 4.41. The van der Waals surface area contributed by atoms with Crippen LogP contribution in [0.4, 0.5) is 0 Å². The minimum atomic E-state index is -0.722. The molecule has 0 heterocycles. The van der Waals surface area contributed by atoms with Crippen LogP contribution in [0.15, 0.2) is 0 Å². The molecule has 0 aliphatic carbocycles. The molecular formula is C15H30O4. The molecule has 0 fully saturated rings. The summed E-state index contributed by atoms with van der Waals surface area (Å²) in [6, 6.07) is 0. The molecule has 4 heteroatoms. The van der Waals surface area contributed by atoms with E-state index in [1.54, 1.807) is 0 Å². The topological polar surface area (TPSA) is 66.8 Å². The van der Waals surface area contributed by atoms with Crippen LogP contribution in [0.25, 0.3) is 0 Å². The number of rotatable bonds is 9. The maximum Gasteiger partial charge on any atom is 0.311 e. The van der Waals surface area contributed by atoms with E-state index in [1.807, 2.05) is 20.8 Å². The van der Waals surface area contributed by atoms with E-state index in [0.29, 0.717) is 6.42 Å². The van der Waals surface area contributed by atoms with Gasteiger partial charge in [-0.3, -0.25) is 4.79 Å². The Morgan fingerprint density at radius 2 is 1.74 bits per heavy atom. The fourth-order valence-corrected chi connectivity index (χ4v) is 1.87. The van der Waals surface area contributed by atoms with Crippen LogP contribution in [-0.4, -0.2) is 36.0 Å². The second kappa shape index (κ2) is 7.85. The predicted molar refractivity (Wildman–Crippen MR) is 75.7 cm³/mol. The third-order valence-corrected chi connectivity index (χ3v) is 4.41. The summed E-state index contributed by atoms with van der Waals surface area (Å²) < 4.78 is 5.35. The fraction of sp³-hybridized carbons (Fsp3) is 0.933. The number of ether oxygens (including phenoxy) is 1. The summed E-state index contributed by atoms with van der Waals surface area (Å²) in [6.45, 7) is 9.50. The standard InChI is InChI=1S/C15H30O4/c1-6-8-12(3)14(4,5)13(18)19-11-15(7-2,9-16)10-17/h12,16-17H,6-11H2,1-5H3. The van der Waals surface area contributed by atoms with Gasteiger partial charge in [-0.2, -0.15) is 0 Å². The highest BCUT2D eigenvalue weighted by Crippen LogP contribution is 2.32. The average Bonchev–Trinajstić information content (AvgIpc) is 2.40. The van der Waals surface area contributed by atoms with Crippen LogP contribution in [0.1, 0.15) is 53.9 Å². The molecule has 0 rings (SSSR count). The summed E-state index contributed by atoms with van der Waals surface area (Å²) in [5.74, 6) is -0.0162. The van der Waals surface area contributed by atoms with E-state index in [-0.39, 0.29) is 31.7 Å². The van der Waals surface area contributed by atoms with Crippen molar-refractivity contribution in [3.8, 4) is 0 Å². The number of aliphatic hydroxyl groups excluding tert-OH is 2. The van der Waals surface area contributed by atoms with Crippen molar-refractivity contribution in [2.24, 2.45) is 16.7 Å². The Balaban J connectivity index is 4.60. The fourth-order valence-electron chi connectivity index (χ4n) is 1.87. The van der Waals surface area contributed by atoms with Crippen molar-refractivity contribution in [2.45, 2.75) is 53.9 Å². The van der Waals surface area contributed by atoms with E-state index in [9.17, 15) is 15.0 Å². The van der Waals surface area contributed by atoms with Gasteiger partial charge in [0.1, 0.15) is 6.61 Å². The van der Waals surface area contributed by atoms with E-state index in [0.717, 1.165) is 12.8 Å². The lowest BCUT2D eigenvalue weighted by atomic mass is 9.77. The zero-order valence-electron chi connectivity index (χ0n) is 13.0. The lowest BCUT2D eigenvalue weighted by Gasteiger charge is -2.33. The number of carbonyl (C=O) groups excluding carboxylic acids is 1. The maximum atomic E-state index is 12.2. The van der Waals surface area contributed by atoms with Gasteiger partial charge in [0.15, 0.2) is 0 Å². The molecule has 2 N–H and O–H groups in total. The lowest BCUT2D eigenvalue weighted by Crippen LogP contribution is -2.39. The van der Waals surface area contributed by atoms with Crippen LogP contribution in [0.3, 0.4) is 0 Å². The summed E-state index contributed by atoms with van der Waals surface area (Å²) in [5, 5.41) is 18.7. The van der Waals surface area contributed by atoms with Crippen molar-refractivity contribution >= 4 is 5.97 Å². The summed E-state index contributed by atoms with van der Waals surface area (Å²) in [6.07, 6.45) is 2.57. The molecule has 0 aromatic heterocycles. The van der Waals surface area contributed by atoms with Crippen molar-refractivity contribution < 1.29 is 19.7 Å². The molecule has 0 saturated heterocycles. The van der Waals surface area contributed by atoms with Gasteiger partial charge in [-0.25, -0.2) is 0 Å². The average molecular weight is 274 g/mol. The molecule has 4 nitrogen and oxygen atoms in total. The van der Waals surface area contributed by atoms with E-state index >= 15 is 0 Å². The highest BCUT2D eigenvalue weighted by molar-refractivity contribution is 5.76. The Labute approximate surface area is 117 Å². The number of carbonyl (C=O) groups is 1. The maximum absolute atomic E-state index is 12.2. The summed E-state index contributed by atoms with van der Waals surface area (Å²) >= 11 is 0. The zero-order chi connectivity index (χ0) is 15.1. The monoisotopic (exact) mass is 274 g/mol. The van der Waals surface area contributed by atoms with Gasteiger partial charge in [0.2, 0.25) is 0 Å². The van der Waals surface area contributed by atoms with Crippen molar-refractivity contribution in [3.05, 3.63) is 0 Å². The molecular weight excluding hydrogens is 244 g/mol. The number of aliphatic hydroxyl groups is 2. The lowest BCUT2D eigenvalue weighted by molar-refractivity contribution is -0.163. The summed E-state index contributed by atoms with van der Waals surface area (Å²) in [7, 11) is 0. The Morgan fingerprint density at radius 1 is 1.21 bits per heavy atom. The van der Waals surface area contributed by atoms with E-state index < -0.39 is 10.8 Å². The molecule has 1 unspecified atom stereocenters. The van der Waals surface area contributed by atoms with E-state index in [2.05, 4.69) is 13.8 Å². The third kappa shape index (κ3) is 4.77. The zero-order valence-corrected chi connectivity index (χ0v) is 13.0. The SMILES string of the molecule is CCCC(C)C(C)(C)C(=O)OCC(CC)(CO)CO. The van der Waals surface area contributed by atoms with Crippen LogP contribution >= 0.6 is 0 Å². The van der Waals surface area contributed by atoms with Crippen LogP contribution < -0.4 is 0 Å². The van der Waals surface area contributed by atoms with Gasteiger partial charge < -0.3 is 14.9 Å². The molecule has 114 valence electrons. The number of esters is 1. The molecule has 0 bridgehead atoms. The molecule has 0 aliphatic rings. The van der Waals surface area contributed by atoms with Gasteiger partial charge in [-0.1, -0.05) is 27.2 Å². The number of hydrogen-bond acceptors (Lipinski definition) is 4. The molecule has 0 amide bonds. The van der Waals surface area contributed by atoms with Crippen molar-refractivity contribution in [3.63, 3.8) is 0 Å². The van der Waals surface area contributed by atoms with Gasteiger partial charge >= 0.3 is 5.97 Å². The van der Waals surface area contributed by atoms with Crippen molar-refractivity contribution in [1.82, 2.24) is 0 Å². The Hall–Kier alpha value is -0.610. The Bertz CT molecular complexity index is 261. The van der Waals surface area contributed by atoms with Crippen molar-refractivity contribution in [1.29, 1.82) is 0 Å². The first-order valence-electron chi connectivity index (χ1n) is 7.18. The van der Waals surface area contributed by atoms with Crippen LogP contribution in [0.5, 0.6) is 0 Å². The van der Waals surface area contributed by atoms with Crippen molar-refractivity contribution in [2.75, 3.05) is 19.8 Å². The first-order valence-corrected chi connectivity index (χ1v) is 7.18. The van der Waals surface area contributed by atoms with Gasteiger partial charge in [0.25, 0.3) is 0 Å². The van der Waals surface area contributed by atoms with Crippen LogP contribution in [0, 0.1) is 16.7 Å². The van der Waals surface area contributed by atoms with Gasteiger partial charge in [0.05, 0.1) is 24.0 Å². The highest BCUT2D eigenvalue weighted by Gasteiger charge is 2.37. The number of hydrogen-bond donors (Lipinski definition) is 2. The summed E-state index contributed by atoms with van der Waals surface area (Å²) in [4.78, 5) is 12.2. The molecule has 0 aromatic rings. The molecule has 0 saturated carbocycles. The van der Waals surface area contributed by atoms with E-state index in [4.69, 9.17) is 4.74 Å². The minimum absolute atomic E-state index is 0.0671. The molecule has 0 spiro atoms. The Kier molecular flexibility index (Phi) is 7.60. The Morgan fingerprint density at radius 3 is 2.11 bits per heavy atom. The minimum Gasteiger partial charge on any atom is -0.464 e. The molecule has 1 atom stereocenters. The van der Waals surface area contributed by atoms with Gasteiger partial charge in [0, 0.05) is 0 Å². The molecule has 0 radical (unpaired) electrons. The first kappa shape index (κ1) is 18.4. The predicted octanol–water partition coefficient (Wildman–Crippen LogP) is 2.37. The molecule has 0 aliphatic heterocycles.